The number of aryl methyl sites for hydroxylation is 1. The van der Waals surface area contributed by atoms with Crippen molar-refractivity contribution < 1.29 is 8.50 Å². The first kappa shape index (κ1) is 3.57. The van der Waals surface area contributed by atoms with Crippen LogP contribution >= 0.6 is 11.6 Å². The first-order valence-electron chi connectivity index (χ1n) is 3.87. The summed E-state index contributed by atoms with van der Waals surface area (Å²) >= 11 is 5.39. The molecule has 0 bridgehead atoms. The molecule has 0 saturated heterocycles. The summed E-state index contributed by atoms with van der Waals surface area (Å²) in [4.78, 5) is 0. The molecule has 0 aliphatic carbocycles. The summed E-state index contributed by atoms with van der Waals surface area (Å²) in [5, 5.41) is -0.163. The predicted octanol–water partition coefficient (Wildman–Crippen LogP) is 2.79. The van der Waals surface area contributed by atoms with Gasteiger partial charge in [0.2, 0.25) is 0 Å². The largest absolute Gasteiger partial charge is 0.205 e. The molecule has 0 fully saturated rings. The van der Waals surface area contributed by atoms with Gasteiger partial charge in [-0.15, -0.1) is 0 Å². The monoisotopic (exact) mass is 147 g/mol. The smallest absolute Gasteiger partial charge is 0.141 e. The maximum atomic E-state index is 12.6. The molecule has 0 unspecified atom stereocenters. The van der Waals surface area contributed by atoms with Crippen LogP contribution in [0.1, 0.15) is 9.68 Å². The summed E-state index contributed by atoms with van der Waals surface area (Å²) < 4.78 is 33.5. The van der Waals surface area contributed by atoms with Gasteiger partial charge in [-0.3, -0.25) is 0 Å². The van der Waals surface area contributed by atoms with Gasteiger partial charge in [0.15, 0.2) is 0 Å². The molecule has 2 heteroatoms. The minimum atomic E-state index is -2.22. The van der Waals surface area contributed by atoms with E-state index in [9.17, 15) is 4.39 Å². The van der Waals surface area contributed by atoms with Gasteiger partial charge in [-0.05, 0) is 24.5 Å². The maximum absolute atomic E-state index is 12.6. The van der Waals surface area contributed by atoms with Crippen LogP contribution in [0, 0.1) is 12.7 Å². The highest BCUT2D eigenvalue weighted by Crippen LogP contribution is 2.14. The Bertz CT molecular complexity index is 295. The Labute approximate surface area is 62.5 Å². The van der Waals surface area contributed by atoms with Crippen molar-refractivity contribution >= 4 is 11.6 Å². The first-order valence-corrected chi connectivity index (χ1v) is 2.74. The lowest BCUT2D eigenvalue weighted by atomic mass is 10.2. The van der Waals surface area contributed by atoms with Gasteiger partial charge in [-0.2, -0.15) is 0 Å². The van der Waals surface area contributed by atoms with Gasteiger partial charge in [0.1, 0.15) is 5.82 Å². The fourth-order valence-electron chi connectivity index (χ4n) is 0.496. The minimum Gasteiger partial charge on any atom is -0.205 e. The van der Waals surface area contributed by atoms with Gasteiger partial charge in [-0.25, -0.2) is 4.39 Å². The molecule has 0 spiro atoms. The van der Waals surface area contributed by atoms with E-state index in [4.69, 9.17) is 15.7 Å². The Morgan fingerprint density at radius 2 is 2.44 bits per heavy atom. The van der Waals surface area contributed by atoms with Crippen molar-refractivity contribution in [2.24, 2.45) is 0 Å². The maximum Gasteiger partial charge on any atom is 0.141 e. The molecule has 0 aliphatic heterocycles. The average molecular weight is 148 g/mol. The van der Waals surface area contributed by atoms with E-state index in [0.717, 1.165) is 12.1 Å². The molecular formula is C7H6ClF. The van der Waals surface area contributed by atoms with Crippen LogP contribution in [0.15, 0.2) is 18.2 Å². The summed E-state index contributed by atoms with van der Waals surface area (Å²) in [6.45, 7) is -2.22. The van der Waals surface area contributed by atoms with Crippen LogP contribution in [-0.4, -0.2) is 0 Å². The van der Waals surface area contributed by atoms with Crippen molar-refractivity contribution in [2.45, 2.75) is 6.85 Å². The number of halogens is 2. The van der Waals surface area contributed by atoms with Crippen LogP contribution in [0.3, 0.4) is 0 Å². The predicted molar refractivity (Wildman–Crippen MR) is 36.1 cm³/mol. The van der Waals surface area contributed by atoms with E-state index in [1.165, 1.54) is 6.07 Å². The number of hydrogen-bond donors (Lipinski definition) is 0. The molecule has 1 aromatic carbocycles. The van der Waals surface area contributed by atoms with Gasteiger partial charge < -0.3 is 0 Å². The third-order valence-corrected chi connectivity index (χ3v) is 1.21. The highest BCUT2D eigenvalue weighted by molar-refractivity contribution is 6.30. The summed E-state index contributed by atoms with van der Waals surface area (Å²) in [6, 6.07) is 3.36. The summed E-state index contributed by atoms with van der Waals surface area (Å²) in [6.07, 6.45) is 0. The van der Waals surface area contributed by atoms with Crippen molar-refractivity contribution in [3.8, 4) is 0 Å². The number of benzene rings is 1. The Hall–Kier alpha value is -0.560. The average Bonchev–Trinajstić information content (AvgIpc) is 1.92. The Morgan fingerprint density at radius 3 is 3.00 bits per heavy atom. The molecule has 0 saturated carbocycles. The zero-order chi connectivity index (χ0) is 9.35. The molecule has 1 rings (SSSR count). The molecule has 0 aliphatic rings. The van der Waals surface area contributed by atoms with E-state index in [1.807, 2.05) is 0 Å². The minimum absolute atomic E-state index is 0.0499. The lowest BCUT2D eigenvalue weighted by molar-refractivity contribution is 0.628. The zero-order valence-corrected chi connectivity index (χ0v) is 5.24. The van der Waals surface area contributed by atoms with Crippen molar-refractivity contribution in [1.29, 1.82) is 0 Å². The Kier molecular flexibility index (Phi) is 0.935. The molecule has 0 N–H and O–H groups in total. The van der Waals surface area contributed by atoms with E-state index < -0.39 is 12.7 Å². The van der Waals surface area contributed by atoms with Crippen molar-refractivity contribution in [2.75, 3.05) is 0 Å². The van der Waals surface area contributed by atoms with Crippen LogP contribution in [0.2, 0.25) is 5.02 Å². The lowest BCUT2D eigenvalue weighted by Crippen LogP contribution is -1.76. The third kappa shape index (κ3) is 1.42. The van der Waals surface area contributed by atoms with Gasteiger partial charge in [0.05, 0.1) is 5.02 Å². The summed E-state index contributed by atoms with van der Waals surface area (Å²) in [7, 11) is 0. The van der Waals surface area contributed by atoms with Crippen LogP contribution < -0.4 is 0 Å². The number of hydrogen-bond acceptors (Lipinski definition) is 0. The highest BCUT2D eigenvalue weighted by Gasteiger charge is 1.95. The van der Waals surface area contributed by atoms with Gasteiger partial charge in [0.25, 0.3) is 0 Å². The second kappa shape index (κ2) is 2.36. The van der Waals surface area contributed by atoms with Crippen LogP contribution in [-0.2, 0) is 0 Å². The van der Waals surface area contributed by atoms with Crippen molar-refractivity contribution in [1.82, 2.24) is 0 Å². The molecule has 0 heterocycles. The normalized spacial score (nSPS) is 16.0. The topological polar surface area (TPSA) is 0 Å². The second-order valence-corrected chi connectivity index (χ2v) is 2.04. The Balaban J connectivity index is 3.14. The SMILES string of the molecule is [2H]C([2H])([2H])c1ccc(F)c(Cl)c1. The molecule has 0 atom stereocenters. The van der Waals surface area contributed by atoms with Crippen LogP contribution in [0.5, 0.6) is 0 Å². The number of rotatable bonds is 0. The molecule has 0 radical (unpaired) electrons. The Morgan fingerprint density at radius 1 is 1.67 bits per heavy atom. The molecule has 0 nitrogen and oxygen atoms in total. The fourth-order valence-corrected chi connectivity index (χ4v) is 0.677. The zero-order valence-electron chi connectivity index (χ0n) is 7.49. The molecule has 0 amide bonds. The first-order chi connectivity index (χ1) is 5.41. The van der Waals surface area contributed by atoms with Crippen LogP contribution in [0.4, 0.5) is 4.39 Å². The van der Waals surface area contributed by atoms with Crippen LogP contribution in [0.25, 0.3) is 0 Å². The molecule has 9 heavy (non-hydrogen) atoms. The van der Waals surface area contributed by atoms with Gasteiger partial charge >= 0.3 is 0 Å². The molecule has 1 aromatic rings. The van der Waals surface area contributed by atoms with E-state index in [1.54, 1.807) is 0 Å². The summed E-state index contributed by atoms with van der Waals surface area (Å²) in [5.41, 5.74) is 0.0499. The van der Waals surface area contributed by atoms with Gasteiger partial charge in [-0.1, -0.05) is 17.7 Å². The van der Waals surface area contributed by atoms with Crippen molar-refractivity contribution in [3.05, 3.63) is 34.6 Å². The van der Waals surface area contributed by atoms with Gasteiger partial charge in [0, 0.05) is 4.11 Å². The van der Waals surface area contributed by atoms with Crippen molar-refractivity contribution in [3.63, 3.8) is 0 Å². The van der Waals surface area contributed by atoms with E-state index >= 15 is 0 Å². The lowest BCUT2D eigenvalue weighted by Gasteiger charge is -1.93. The quantitative estimate of drug-likeness (QED) is 0.530. The molecular weight excluding hydrogens is 139 g/mol. The molecule has 48 valence electrons. The standard InChI is InChI=1S/C7H6ClF/c1-5-2-3-7(9)6(8)4-5/h2-4H,1H3/i1D3. The van der Waals surface area contributed by atoms with E-state index in [-0.39, 0.29) is 10.6 Å². The summed E-state index contributed by atoms with van der Waals surface area (Å²) in [5.74, 6) is -0.607. The van der Waals surface area contributed by atoms with E-state index in [0.29, 0.717) is 0 Å². The second-order valence-electron chi connectivity index (χ2n) is 1.63. The fraction of sp³-hybridized carbons (Fsp3) is 0.143. The molecule has 0 aromatic heterocycles. The highest BCUT2D eigenvalue weighted by atomic mass is 35.5. The van der Waals surface area contributed by atoms with E-state index in [2.05, 4.69) is 0 Å². The third-order valence-electron chi connectivity index (χ3n) is 0.920.